The third-order valence-electron chi connectivity index (χ3n) is 4.13. The van der Waals surface area contributed by atoms with Crippen LogP contribution in [0.25, 0.3) is 10.9 Å². The van der Waals surface area contributed by atoms with E-state index in [0.29, 0.717) is 0 Å². The molecular formula is C18H21N3. The second-order valence-corrected chi connectivity index (χ2v) is 5.60. The minimum absolute atomic E-state index is 0.841. The van der Waals surface area contributed by atoms with Gasteiger partial charge in [0.25, 0.3) is 0 Å². The van der Waals surface area contributed by atoms with Gasteiger partial charge in [-0.05, 0) is 24.6 Å². The zero-order chi connectivity index (χ0) is 14.7. The highest BCUT2D eigenvalue weighted by Gasteiger charge is 2.19. The Kier molecular flexibility index (Phi) is 4.08. The highest BCUT2D eigenvalue weighted by molar-refractivity contribution is 5.81. The summed E-state index contributed by atoms with van der Waals surface area (Å²) in [6.07, 6.45) is 6.18. The molecule has 1 fully saturated rings. The maximum absolute atomic E-state index is 5.34. The Bertz CT molecular complexity index is 664. The molecule has 0 atom stereocenters. The first-order valence-corrected chi connectivity index (χ1v) is 7.55. The van der Waals surface area contributed by atoms with Crippen LogP contribution in [0.5, 0.6) is 0 Å². The lowest BCUT2D eigenvalue weighted by atomic mass is 10.1. The van der Waals surface area contributed by atoms with E-state index in [1.165, 1.54) is 10.9 Å². The van der Waals surface area contributed by atoms with Crippen LogP contribution in [-0.2, 0) is 0 Å². The maximum atomic E-state index is 5.34. The van der Waals surface area contributed by atoms with E-state index in [2.05, 4.69) is 46.9 Å². The lowest BCUT2D eigenvalue weighted by Crippen LogP contribution is -2.47. The topological polar surface area (TPSA) is 19.4 Å². The minimum Gasteiger partial charge on any atom is -0.354 e. The van der Waals surface area contributed by atoms with Gasteiger partial charge in [-0.3, -0.25) is 4.90 Å². The average molecular weight is 279 g/mol. The molecule has 108 valence electrons. The van der Waals surface area contributed by atoms with Gasteiger partial charge >= 0.3 is 0 Å². The first-order valence-electron chi connectivity index (χ1n) is 7.55. The summed E-state index contributed by atoms with van der Waals surface area (Å²) in [5.41, 5.74) is 2.33. The van der Waals surface area contributed by atoms with Gasteiger partial charge in [-0.2, -0.15) is 0 Å². The molecule has 3 nitrogen and oxygen atoms in total. The quantitative estimate of drug-likeness (QED) is 0.805. The predicted molar refractivity (Wildman–Crippen MR) is 88.6 cm³/mol. The molecular weight excluding hydrogens is 258 g/mol. The largest absolute Gasteiger partial charge is 0.354 e. The number of para-hydroxylation sites is 1. The van der Waals surface area contributed by atoms with Crippen molar-refractivity contribution in [2.75, 3.05) is 37.6 Å². The summed E-state index contributed by atoms with van der Waals surface area (Å²) in [5, 5.41) is 1.21. The van der Waals surface area contributed by atoms with E-state index >= 15 is 0 Å². The normalized spacial score (nSPS) is 16.1. The molecule has 21 heavy (non-hydrogen) atoms. The van der Waals surface area contributed by atoms with Crippen LogP contribution in [-0.4, -0.2) is 42.6 Å². The van der Waals surface area contributed by atoms with Gasteiger partial charge in [-0.25, -0.2) is 4.98 Å². The molecule has 3 rings (SSSR count). The van der Waals surface area contributed by atoms with Gasteiger partial charge in [0.2, 0.25) is 0 Å². The molecule has 0 N–H and O–H groups in total. The first-order chi connectivity index (χ1) is 10.3. The van der Waals surface area contributed by atoms with Gasteiger partial charge < -0.3 is 4.90 Å². The number of piperazine rings is 1. The number of nitrogens with zero attached hydrogens (tertiary/aromatic N) is 3. The van der Waals surface area contributed by atoms with E-state index in [4.69, 9.17) is 11.4 Å². The molecule has 1 aromatic heterocycles. The van der Waals surface area contributed by atoms with E-state index in [-0.39, 0.29) is 0 Å². The summed E-state index contributed by atoms with van der Waals surface area (Å²) < 4.78 is 0. The fraction of sp³-hybridized carbons (Fsp3) is 0.389. The maximum Gasteiger partial charge on any atom is 0.132 e. The number of rotatable bonds is 3. The van der Waals surface area contributed by atoms with Crippen molar-refractivity contribution >= 4 is 16.7 Å². The molecule has 0 bridgehead atoms. The monoisotopic (exact) mass is 279 g/mol. The third-order valence-corrected chi connectivity index (χ3v) is 4.13. The Hall–Kier alpha value is -2.05. The number of anilines is 1. The molecule has 0 unspecified atom stereocenters. The van der Waals surface area contributed by atoms with Crippen molar-refractivity contribution in [1.29, 1.82) is 0 Å². The first kappa shape index (κ1) is 13.9. The van der Waals surface area contributed by atoms with Crippen molar-refractivity contribution in [3.63, 3.8) is 0 Å². The van der Waals surface area contributed by atoms with E-state index in [1.54, 1.807) is 0 Å². The Morgan fingerprint density at radius 2 is 1.95 bits per heavy atom. The molecule has 1 saturated heterocycles. The Morgan fingerprint density at radius 3 is 2.71 bits per heavy atom. The number of pyridine rings is 1. The van der Waals surface area contributed by atoms with Gasteiger partial charge in [-0.1, -0.05) is 18.2 Å². The molecule has 0 amide bonds. The van der Waals surface area contributed by atoms with Crippen LogP contribution in [0.3, 0.4) is 0 Å². The van der Waals surface area contributed by atoms with Crippen LogP contribution in [0.15, 0.2) is 30.3 Å². The van der Waals surface area contributed by atoms with Crippen molar-refractivity contribution < 1.29 is 0 Å². The highest BCUT2D eigenvalue weighted by atomic mass is 15.3. The summed E-state index contributed by atoms with van der Waals surface area (Å²) in [5.74, 6) is 3.85. The number of hydrogen-bond donors (Lipinski definition) is 0. The number of fused-ring (bicyclic) bond motifs is 1. The third kappa shape index (κ3) is 3.01. The second-order valence-electron chi connectivity index (χ2n) is 5.60. The number of aromatic nitrogens is 1. The molecule has 3 heteroatoms. The molecule has 0 radical (unpaired) electrons. The molecule has 2 aromatic rings. The summed E-state index contributed by atoms with van der Waals surface area (Å²) in [6, 6.07) is 10.6. The number of hydrogen-bond acceptors (Lipinski definition) is 3. The van der Waals surface area contributed by atoms with Gasteiger partial charge in [-0.15, -0.1) is 12.3 Å². The van der Waals surface area contributed by atoms with Crippen LogP contribution in [0.2, 0.25) is 0 Å². The standard InChI is InChI=1S/C18H21N3/c1-3-4-9-20-10-12-21(13-11-20)18-15(2)14-16-7-5-6-8-17(16)19-18/h1,5-8,14H,4,9-13H2,2H3. The van der Waals surface area contributed by atoms with E-state index in [1.807, 2.05) is 6.07 Å². The van der Waals surface area contributed by atoms with Crippen molar-refractivity contribution in [3.8, 4) is 12.3 Å². The molecule has 1 aliphatic rings. The number of aryl methyl sites for hydroxylation is 1. The van der Waals surface area contributed by atoms with Crippen molar-refractivity contribution in [3.05, 3.63) is 35.9 Å². The molecule has 0 saturated carbocycles. The summed E-state index contributed by atoms with van der Waals surface area (Å²) in [6.45, 7) is 7.34. The zero-order valence-corrected chi connectivity index (χ0v) is 12.5. The Morgan fingerprint density at radius 1 is 1.19 bits per heavy atom. The van der Waals surface area contributed by atoms with Crippen LogP contribution >= 0.6 is 0 Å². The molecule has 0 spiro atoms. The average Bonchev–Trinajstić information content (AvgIpc) is 2.53. The summed E-state index contributed by atoms with van der Waals surface area (Å²) in [4.78, 5) is 9.69. The van der Waals surface area contributed by atoms with Gasteiger partial charge in [0.05, 0.1) is 5.52 Å². The Labute approximate surface area is 126 Å². The fourth-order valence-electron chi connectivity index (χ4n) is 2.94. The van der Waals surface area contributed by atoms with Crippen LogP contribution < -0.4 is 4.90 Å². The Balaban J connectivity index is 1.76. The van der Waals surface area contributed by atoms with Gasteiger partial charge in [0.15, 0.2) is 0 Å². The molecule has 1 aromatic carbocycles. The van der Waals surface area contributed by atoms with E-state index < -0.39 is 0 Å². The summed E-state index contributed by atoms with van der Waals surface area (Å²) in [7, 11) is 0. The van der Waals surface area contributed by atoms with Gasteiger partial charge in [0, 0.05) is 44.5 Å². The van der Waals surface area contributed by atoms with Gasteiger partial charge in [0.1, 0.15) is 5.82 Å². The van der Waals surface area contributed by atoms with Crippen LogP contribution in [0.1, 0.15) is 12.0 Å². The molecule has 2 heterocycles. The van der Waals surface area contributed by atoms with Crippen LogP contribution in [0.4, 0.5) is 5.82 Å². The van der Waals surface area contributed by atoms with Crippen molar-refractivity contribution in [2.24, 2.45) is 0 Å². The lowest BCUT2D eigenvalue weighted by molar-refractivity contribution is 0.263. The zero-order valence-electron chi connectivity index (χ0n) is 12.5. The summed E-state index contributed by atoms with van der Waals surface area (Å²) >= 11 is 0. The highest BCUT2D eigenvalue weighted by Crippen LogP contribution is 2.23. The second kappa shape index (κ2) is 6.15. The fourth-order valence-corrected chi connectivity index (χ4v) is 2.94. The predicted octanol–water partition coefficient (Wildman–Crippen LogP) is 2.69. The van der Waals surface area contributed by atoms with Crippen LogP contribution in [0, 0.1) is 19.3 Å². The van der Waals surface area contributed by atoms with E-state index in [9.17, 15) is 0 Å². The smallest absolute Gasteiger partial charge is 0.132 e. The minimum atomic E-state index is 0.841. The number of terminal acetylenes is 1. The molecule has 1 aliphatic heterocycles. The lowest BCUT2D eigenvalue weighted by Gasteiger charge is -2.35. The van der Waals surface area contributed by atoms with Crippen molar-refractivity contribution in [2.45, 2.75) is 13.3 Å². The number of benzene rings is 1. The van der Waals surface area contributed by atoms with Crippen molar-refractivity contribution in [1.82, 2.24) is 9.88 Å². The SMILES string of the molecule is C#CCCN1CCN(c2nc3ccccc3cc2C)CC1. The molecule has 0 aliphatic carbocycles. The van der Waals surface area contributed by atoms with E-state index in [0.717, 1.165) is 50.5 Å².